The van der Waals surface area contributed by atoms with Gasteiger partial charge in [0, 0.05) is 11.9 Å². The molecule has 0 aliphatic carbocycles. The summed E-state index contributed by atoms with van der Waals surface area (Å²) < 4.78 is 28.8. The van der Waals surface area contributed by atoms with E-state index >= 15 is 0 Å². The molecule has 1 aromatic carbocycles. The van der Waals surface area contributed by atoms with E-state index in [0.717, 1.165) is 13.0 Å². The van der Waals surface area contributed by atoms with E-state index in [1.807, 2.05) is 0 Å². The van der Waals surface area contributed by atoms with Crippen molar-refractivity contribution in [1.82, 2.24) is 0 Å². The minimum atomic E-state index is -0.900. The number of anilines is 1. The van der Waals surface area contributed by atoms with Gasteiger partial charge in [-0.1, -0.05) is 11.6 Å². The third-order valence-electron chi connectivity index (χ3n) is 2.75. The molecule has 1 aromatic heterocycles. The summed E-state index contributed by atoms with van der Waals surface area (Å²) >= 11 is 5.68. The van der Waals surface area contributed by atoms with E-state index in [2.05, 4.69) is 10.1 Å². The normalized spacial score (nSPS) is 10.3. The fraction of sp³-hybridized carbons (Fsp3) is 0.200. The van der Waals surface area contributed by atoms with Gasteiger partial charge < -0.3 is 19.0 Å². The lowest BCUT2D eigenvalue weighted by molar-refractivity contribution is -0.132. The maximum absolute atomic E-state index is 14.0. The summed E-state index contributed by atoms with van der Waals surface area (Å²) in [5, 5.41) is 12.5. The molecule has 7 nitrogen and oxygen atoms in total. The Kier molecular flexibility index (Phi) is 5.30. The van der Waals surface area contributed by atoms with Gasteiger partial charge in [0.1, 0.15) is 5.82 Å². The number of halogens is 2. The average molecular weight is 358 g/mol. The Balaban J connectivity index is 2.51. The number of benzene rings is 1. The molecule has 0 bridgehead atoms. The second-order valence-corrected chi connectivity index (χ2v) is 4.94. The van der Waals surface area contributed by atoms with Crippen molar-refractivity contribution in [2.24, 2.45) is 0 Å². The van der Waals surface area contributed by atoms with Gasteiger partial charge in [-0.2, -0.15) is 0 Å². The highest BCUT2D eigenvalue weighted by molar-refractivity contribution is 6.30. The van der Waals surface area contributed by atoms with Crippen molar-refractivity contribution in [3.8, 4) is 22.8 Å². The highest BCUT2D eigenvalue weighted by Gasteiger charge is 2.27. The van der Waals surface area contributed by atoms with Crippen LogP contribution >= 0.6 is 11.6 Å². The summed E-state index contributed by atoms with van der Waals surface area (Å²) in [4.78, 5) is 22.7. The van der Waals surface area contributed by atoms with E-state index in [0.29, 0.717) is 0 Å². The molecule has 9 heteroatoms. The Morgan fingerprint density at radius 2 is 2.12 bits per heavy atom. The summed E-state index contributed by atoms with van der Waals surface area (Å²) in [5.74, 6) is -3.40. The van der Waals surface area contributed by atoms with Crippen LogP contribution < -0.4 is 10.1 Å². The first-order valence-electron chi connectivity index (χ1n) is 6.76. The number of esters is 1. The average Bonchev–Trinajstić information content (AvgIpc) is 2.76. The molecule has 1 amide bonds. The van der Waals surface area contributed by atoms with Gasteiger partial charge >= 0.3 is 12.1 Å². The van der Waals surface area contributed by atoms with Crippen molar-refractivity contribution < 1.29 is 33.0 Å². The number of hydrogen-bond acceptors (Lipinski definition) is 6. The van der Waals surface area contributed by atoms with Gasteiger partial charge in [0.15, 0.2) is 5.76 Å². The zero-order valence-electron chi connectivity index (χ0n) is 12.7. The SMILES string of the molecule is CCOC(=O)Nc1oc(-c2ccc(Cl)cc2F)c(O)c1OC(C)=O. The minimum Gasteiger partial charge on any atom is -0.502 e. The fourth-order valence-corrected chi connectivity index (χ4v) is 2.00. The Labute approximate surface area is 140 Å². The zero-order valence-corrected chi connectivity index (χ0v) is 13.4. The molecule has 1 heterocycles. The standard InChI is InChI=1S/C15H13ClFNO6/c1-3-22-15(21)18-14-13(23-7(2)19)11(20)12(24-14)9-5-4-8(16)6-10(9)17/h4-6,20H,3H2,1-2H3,(H,18,21). The van der Waals surface area contributed by atoms with E-state index in [1.54, 1.807) is 6.92 Å². The predicted octanol–water partition coefficient (Wildman–Crippen LogP) is 3.94. The summed E-state index contributed by atoms with van der Waals surface area (Å²) in [6.07, 6.45) is -0.900. The number of carbonyl (C=O) groups is 2. The number of hydrogen-bond donors (Lipinski definition) is 2. The van der Waals surface area contributed by atoms with Gasteiger partial charge in [-0.3, -0.25) is 10.1 Å². The maximum atomic E-state index is 14.0. The Bertz CT molecular complexity index is 789. The van der Waals surface area contributed by atoms with Crippen molar-refractivity contribution in [2.45, 2.75) is 13.8 Å². The van der Waals surface area contributed by atoms with Gasteiger partial charge in [-0.25, -0.2) is 9.18 Å². The number of nitrogens with one attached hydrogen (secondary N) is 1. The Morgan fingerprint density at radius 1 is 1.42 bits per heavy atom. The predicted molar refractivity (Wildman–Crippen MR) is 82.7 cm³/mol. The van der Waals surface area contributed by atoms with Crippen LogP contribution in [0.5, 0.6) is 11.5 Å². The van der Waals surface area contributed by atoms with E-state index in [1.165, 1.54) is 12.1 Å². The highest BCUT2D eigenvalue weighted by Crippen LogP contribution is 2.47. The number of furan rings is 1. The molecule has 128 valence electrons. The lowest BCUT2D eigenvalue weighted by atomic mass is 10.1. The van der Waals surface area contributed by atoms with Crippen molar-refractivity contribution in [3.05, 3.63) is 29.0 Å². The quantitative estimate of drug-likeness (QED) is 0.804. The smallest absolute Gasteiger partial charge is 0.414 e. The van der Waals surface area contributed by atoms with Gasteiger partial charge in [0.05, 0.1) is 12.2 Å². The van der Waals surface area contributed by atoms with Gasteiger partial charge in [-0.05, 0) is 25.1 Å². The fourth-order valence-electron chi connectivity index (χ4n) is 1.84. The van der Waals surface area contributed by atoms with Crippen LogP contribution in [0, 0.1) is 5.82 Å². The maximum Gasteiger partial charge on any atom is 0.414 e. The van der Waals surface area contributed by atoms with Crippen LogP contribution in [-0.4, -0.2) is 23.8 Å². The number of ether oxygens (including phenoxy) is 2. The van der Waals surface area contributed by atoms with E-state index in [-0.39, 0.29) is 23.0 Å². The molecule has 24 heavy (non-hydrogen) atoms. The summed E-state index contributed by atoms with van der Waals surface area (Å²) in [5.41, 5.74) is -0.137. The van der Waals surface area contributed by atoms with Crippen LogP contribution in [-0.2, 0) is 9.53 Å². The molecule has 0 atom stereocenters. The van der Waals surface area contributed by atoms with Crippen LogP contribution in [0.3, 0.4) is 0 Å². The molecule has 0 aliphatic rings. The first kappa shape index (κ1) is 17.6. The molecule has 0 unspecified atom stereocenters. The van der Waals surface area contributed by atoms with Crippen LogP contribution in [0.1, 0.15) is 13.8 Å². The lowest BCUT2D eigenvalue weighted by Gasteiger charge is -2.04. The monoisotopic (exact) mass is 357 g/mol. The van der Waals surface area contributed by atoms with Crippen LogP contribution in [0.15, 0.2) is 22.6 Å². The van der Waals surface area contributed by atoms with Gasteiger partial charge in [0.2, 0.25) is 11.5 Å². The third kappa shape index (κ3) is 3.77. The van der Waals surface area contributed by atoms with Gasteiger partial charge in [0.25, 0.3) is 5.88 Å². The van der Waals surface area contributed by atoms with Crippen molar-refractivity contribution in [1.29, 1.82) is 0 Å². The van der Waals surface area contributed by atoms with Crippen molar-refractivity contribution in [2.75, 3.05) is 11.9 Å². The van der Waals surface area contributed by atoms with Gasteiger partial charge in [-0.15, -0.1) is 0 Å². The number of aromatic hydroxyl groups is 1. The minimum absolute atomic E-state index is 0.0834. The molecular weight excluding hydrogens is 345 g/mol. The molecule has 2 N–H and O–H groups in total. The first-order valence-corrected chi connectivity index (χ1v) is 7.14. The topological polar surface area (TPSA) is 98.0 Å². The molecular formula is C15H13ClFNO6. The lowest BCUT2D eigenvalue weighted by Crippen LogP contribution is -2.14. The van der Waals surface area contributed by atoms with Crippen LogP contribution in [0.4, 0.5) is 15.1 Å². The largest absolute Gasteiger partial charge is 0.502 e. The number of rotatable bonds is 4. The molecule has 0 aliphatic heterocycles. The van der Waals surface area contributed by atoms with E-state index < -0.39 is 35.3 Å². The van der Waals surface area contributed by atoms with Crippen LogP contribution in [0.25, 0.3) is 11.3 Å². The third-order valence-corrected chi connectivity index (χ3v) is 2.99. The van der Waals surface area contributed by atoms with Crippen molar-refractivity contribution in [3.63, 3.8) is 0 Å². The highest BCUT2D eigenvalue weighted by atomic mass is 35.5. The van der Waals surface area contributed by atoms with Crippen molar-refractivity contribution >= 4 is 29.5 Å². The first-order chi connectivity index (χ1) is 11.3. The Hall–Kier alpha value is -2.74. The van der Waals surface area contributed by atoms with E-state index in [4.69, 9.17) is 20.8 Å². The Morgan fingerprint density at radius 3 is 2.71 bits per heavy atom. The molecule has 0 fully saturated rings. The molecule has 2 rings (SSSR count). The zero-order chi connectivity index (χ0) is 17.9. The van der Waals surface area contributed by atoms with Crippen LogP contribution in [0.2, 0.25) is 5.02 Å². The molecule has 0 saturated carbocycles. The molecule has 0 spiro atoms. The van der Waals surface area contributed by atoms with E-state index in [9.17, 15) is 19.1 Å². The number of carbonyl (C=O) groups excluding carboxylic acids is 2. The molecule has 0 radical (unpaired) electrons. The number of amides is 1. The second kappa shape index (κ2) is 7.22. The second-order valence-electron chi connectivity index (χ2n) is 4.50. The molecule has 2 aromatic rings. The summed E-state index contributed by atoms with van der Waals surface area (Å²) in [7, 11) is 0. The molecule has 0 saturated heterocycles. The summed E-state index contributed by atoms with van der Waals surface area (Å²) in [6.45, 7) is 2.75. The summed E-state index contributed by atoms with van der Waals surface area (Å²) in [6, 6.07) is 3.66.